The molecule has 8 heteroatoms. The summed E-state index contributed by atoms with van der Waals surface area (Å²) in [4.78, 5) is 27.4. The summed E-state index contributed by atoms with van der Waals surface area (Å²) in [6.45, 7) is 0.631. The monoisotopic (exact) mass is 350 g/mol. The highest BCUT2D eigenvalue weighted by Gasteiger charge is 2.14. The number of primary amides is 1. The van der Waals surface area contributed by atoms with E-state index in [1.807, 2.05) is 30.5 Å². The third-order valence-electron chi connectivity index (χ3n) is 3.74. The Morgan fingerprint density at radius 1 is 1.24 bits per heavy atom. The van der Waals surface area contributed by atoms with E-state index in [1.165, 1.54) is 11.3 Å². The molecule has 4 N–H and O–H groups in total. The Hall–Kier alpha value is -3.26. The number of nitrogens with two attached hydrogens (primary N) is 1. The number of H-pyrrole nitrogens is 1. The van der Waals surface area contributed by atoms with Crippen molar-refractivity contribution in [3.63, 3.8) is 0 Å². The number of carbonyl (C=O) groups is 1. The predicted molar refractivity (Wildman–Crippen MR) is 97.3 cm³/mol. The van der Waals surface area contributed by atoms with Crippen LogP contribution in [-0.2, 0) is 6.54 Å². The summed E-state index contributed by atoms with van der Waals surface area (Å²) in [5.41, 5.74) is 8.34. The highest BCUT2D eigenvalue weighted by molar-refractivity contribution is 7.13. The molecule has 4 aromatic heterocycles. The van der Waals surface area contributed by atoms with Gasteiger partial charge in [-0.1, -0.05) is 0 Å². The van der Waals surface area contributed by atoms with Crippen LogP contribution in [0.2, 0.25) is 0 Å². The first-order valence-corrected chi connectivity index (χ1v) is 8.45. The zero-order valence-corrected chi connectivity index (χ0v) is 13.9. The lowest BCUT2D eigenvalue weighted by Crippen LogP contribution is -2.11. The lowest BCUT2D eigenvalue weighted by molar-refractivity contribution is 0.0996. The van der Waals surface area contributed by atoms with Gasteiger partial charge in [-0.25, -0.2) is 9.97 Å². The number of aromatic amines is 1. The minimum absolute atomic E-state index is 0.270. The number of fused-ring (bicyclic) bond motifs is 1. The normalized spacial score (nSPS) is 10.9. The quantitative estimate of drug-likeness (QED) is 0.513. The van der Waals surface area contributed by atoms with Gasteiger partial charge in [0, 0.05) is 41.5 Å². The molecule has 4 aromatic rings. The number of rotatable bonds is 5. The second-order valence-electron chi connectivity index (χ2n) is 5.41. The fourth-order valence-electron chi connectivity index (χ4n) is 2.51. The average molecular weight is 350 g/mol. The van der Waals surface area contributed by atoms with E-state index < -0.39 is 5.91 Å². The van der Waals surface area contributed by atoms with Gasteiger partial charge in [0.15, 0.2) is 0 Å². The van der Waals surface area contributed by atoms with Crippen molar-refractivity contribution in [1.29, 1.82) is 0 Å². The number of hydrogen-bond donors (Lipinski definition) is 3. The maximum absolute atomic E-state index is 11.3. The molecule has 0 fully saturated rings. The number of pyridine rings is 2. The number of amides is 1. The molecule has 25 heavy (non-hydrogen) atoms. The van der Waals surface area contributed by atoms with Crippen molar-refractivity contribution >= 4 is 34.1 Å². The number of thiazole rings is 1. The van der Waals surface area contributed by atoms with Gasteiger partial charge in [0.05, 0.1) is 0 Å². The van der Waals surface area contributed by atoms with Crippen LogP contribution in [0.1, 0.15) is 16.1 Å². The van der Waals surface area contributed by atoms with E-state index in [4.69, 9.17) is 5.73 Å². The van der Waals surface area contributed by atoms with E-state index in [0.717, 1.165) is 33.0 Å². The van der Waals surface area contributed by atoms with Gasteiger partial charge in [-0.2, -0.15) is 0 Å². The Morgan fingerprint density at radius 3 is 2.84 bits per heavy atom. The molecule has 0 atom stereocenters. The van der Waals surface area contributed by atoms with Crippen molar-refractivity contribution in [3.05, 3.63) is 59.5 Å². The maximum Gasteiger partial charge on any atom is 0.268 e. The van der Waals surface area contributed by atoms with Gasteiger partial charge in [-0.3, -0.25) is 9.78 Å². The molecule has 0 saturated heterocycles. The van der Waals surface area contributed by atoms with Crippen molar-refractivity contribution in [2.75, 3.05) is 5.32 Å². The summed E-state index contributed by atoms with van der Waals surface area (Å²) in [6.07, 6.45) is 5.34. The smallest absolute Gasteiger partial charge is 0.268 e. The number of aromatic nitrogens is 4. The van der Waals surface area contributed by atoms with Gasteiger partial charge in [0.2, 0.25) is 0 Å². The summed E-state index contributed by atoms with van der Waals surface area (Å²) < 4.78 is 0. The number of nitrogens with zero attached hydrogens (tertiary/aromatic N) is 3. The van der Waals surface area contributed by atoms with Crippen LogP contribution in [0.4, 0.5) is 5.82 Å². The lowest BCUT2D eigenvalue weighted by Gasteiger charge is -2.08. The van der Waals surface area contributed by atoms with E-state index in [9.17, 15) is 4.79 Å². The van der Waals surface area contributed by atoms with Crippen molar-refractivity contribution in [1.82, 2.24) is 19.9 Å². The van der Waals surface area contributed by atoms with Crippen LogP contribution in [0.5, 0.6) is 0 Å². The predicted octanol–water partition coefficient (Wildman–Crippen LogP) is 2.79. The Morgan fingerprint density at radius 2 is 2.08 bits per heavy atom. The van der Waals surface area contributed by atoms with Gasteiger partial charge >= 0.3 is 0 Å². The molecule has 124 valence electrons. The van der Waals surface area contributed by atoms with E-state index in [2.05, 4.69) is 25.3 Å². The van der Waals surface area contributed by atoms with Gasteiger partial charge in [-0.05, 0) is 29.8 Å². The van der Waals surface area contributed by atoms with Crippen LogP contribution < -0.4 is 11.1 Å². The van der Waals surface area contributed by atoms with Gasteiger partial charge in [0.1, 0.15) is 22.2 Å². The molecule has 0 saturated carbocycles. The topological polar surface area (TPSA) is 110 Å². The van der Waals surface area contributed by atoms with Crippen molar-refractivity contribution in [3.8, 4) is 10.6 Å². The zero-order chi connectivity index (χ0) is 17.2. The Bertz CT molecular complexity index is 1040. The molecule has 4 rings (SSSR count). The summed E-state index contributed by atoms with van der Waals surface area (Å²) in [5.74, 6) is 0.190. The minimum Gasteiger partial charge on any atom is -0.366 e. The molecule has 7 nitrogen and oxygen atoms in total. The maximum atomic E-state index is 11.3. The first-order chi connectivity index (χ1) is 12.2. The fraction of sp³-hybridized carbons (Fsp3) is 0.0588. The third-order valence-corrected chi connectivity index (χ3v) is 4.61. The number of hydrogen-bond acceptors (Lipinski definition) is 6. The Labute approximate surface area is 147 Å². The molecule has 0 aliphatic carbocycles. The van der Waals surface area contributed by atoms with Crippen LogP contribution in [-0.4, -0.2) is 25.8 Å². The zero-order valence-electron chi connectivity index (χ0n) is 13.1. The second kappa shape index (κ2) is 6.33. The van der Waals surface area contributed by atoms with Crippen LogP contribution in [0, 0.1) is 0 Å². The molecule has 0 aromatic carbocycles. The van der Waals surface area contributed by atoms with Crippen LogP contribution in [0.15, 0.2) is 48.2 Å². The van der Waals surface area contributed by atoms with E-state index in [1.54, 1.807) is 17.8 Å². The molecule has 4 heterocycles. The molecule has 1 amide bonds. The molecular formula is C17H14N6OS. The SMILES string of the molecule is NC(=O)c1csc(-c2cc(NCc3ccncc3)nc3[nH]ccc23)n1. The Kier molecular flexibility index (Phi) is 3.87. The first kappa shape index (κ1) is 15.3. The standard InChI is InChI=1S/C17H14N6OS/c18-15(24)13-9-25-17(22-13)12-7-14(23-16-11(12)3-6-20-16)21-8-10-1-4-19-5-2-10/h1-7,9H,8H2,(H2,18,24)(H2,20,21,23). The minimum atomic E-state index is -0.530. The van der Waals surface area contributed by atoms with Crippen molar-refractivity contribution in [2.24, 2.45) is 5.73 Å². The van der Waals surface area contributed by atoms with Gasteiger partial charge < -0.3 is 16.0 Å². The molecule has 0 radical (unpaired) electrons. The largest absolute Gasteiger partial charge is 0.366 e. The van der Waals surface area contributed by atoms with Crippen LogP contribution >= 0.6 is 11.3 Å². The molecule has 0 unspecified atom stereocenters. The highest BCUT2D eigenvalue weighted by atomic mass is 32.1. The summed E-state index contributed by atoms with van der Waals surface area (Å²) in [7, 11) is 0. The molecule has 0 aliphatic heterocycles. The highest BCUT2D eigenvalue weighted by Crippen LogP contribution is 2.32. The molecule has 0 spiro atoms. The Balaban J connectivity index is 1.70. The second-order valence-corrected chi connectivity index (χ2v) is 6.26. The van der Waals surface area contributed by atoms with Crippen LogP contribution in [0.3, 0.4) is 0 Å². The first-order valence-electron chi connectivity index (χ1n) is 7.57. The van der Waals surface area contributed by atoms with Crippen LogP contribution in [0.25, 0.3) is 21.6 Å². The molecule has 0 bridgehead atoms. The average Bonchev–Trinajstić information content (AvgIpc) is 3.29. The fourth-order valence-corrected chi connectivity index (χ4v) is 3.35. The summed E-state index contributed by atoms with van der Waals surface area (Å²) >= 11 is 1.38. The van der Waals surface area contributed by atoms with Crippen molar-refractivity contribution in [2.45, 2.75) is 6.54 Å². The van der Waals surface area contributed by atoms with E-state index in [0.29, 0.717) is 6.54 Å². The summed E-state index contributed by atoms with van der Waals surface area (Å²) in [6, 6.07) is 7.76. The number of carbonyl (C=O) groups excluding carboxylic acids is 1. The lowest BCUT2D eigenvalue weighted by atomic mass is 10.2. The molecular weight excluding hydrogens is 336 g/mol. The van der Waals surface area contributed by atoms with E-state index in [-0.39, 0.29) is 5.69 Å². The van der Waals surface area contributed by atoms with Gasteiger partial charge in [0.25, 0.3) is 5.91 Å². The number of nitrogens with one attached hydrogen (secondary N) is 2. The summed E-state index contributed by atoms with van der Waals surface area (Å²) in [5, 5.41) is 6.65. The van der Waals surface area contributed by atoms with Gasteiger partial charge in [-0.15, -0.1) is 11.3 Å². The van der Waals surface area contributed by atoms with E-state index >= 15 is 0 Å². The molecule has 0 aliphatic rings. The van der Waals surface area contributed by atoms with Crippen molar-refractivity contribution < 1.29 is 4.79 Å². The third kappa shape index (κ3) is 3.07. The number of anilines is 1.